The predicted octanol–water partition coefficient (Wildman–Crippen LogP) is 4.32. The van der Waals surface area contributed by atoms with E-state index in [0.29, 0.717) is 24.6 Å². The number of benzene rings is 1. The number of H-pyrrole nitrogens is 1. The second kappa shape index (κ2) is 6.82. The van der Waals surface area contributed by atoms with Crippen LogP contribution in [0.5, 0.6) is 0 Å². The van der Waals surface area contributed by atoms with Crippen molar-refractivity contribution in [3.63, 3.8) is 0 Å². The number of halogens is 6. The minimum absolute atomic E-state index is 0.126. The number of piperazine rings is 1. The average Bonchev–Trinajstić information content (AvgIpc) is 3.10. The van der Waals surface area contributed by atoms with Gasteiger partial charge in [0.05, 0.1) is 22.2 Å². The predicted molar refractivity (Wildman–Crippen MR) is 94.8 cm³/mol. The normalized spacial score (nSPS) is 15.9. The van der Waals surface area contributed by atoms with E-state index >= 15 is 0 Å². The van der Waals surface area contributed by atoms with E-state index in [4.69, 9.17) is 0 Å². The van der Waals surface area contributed by atoms with Gasteiger partial charge in [0.2, 0.25) is 5.95 Å². The third-order valence-corrected chi connectivity index (χ3v) is 4.77. The van der Waals surface area contributed by atoms with Crippen LogP contribution in [-0.4, -0.2) is 41.1 Å². The van der Waals surface area contributed by atoms with Crippen LogP contribution in [-0.2, 0) is 12.4 Å². The van der Waals surface area contributed by atoms with Crippen molar-refractivity contribution in [3.8, 4) is 0 Å². The Labute approximate surface area is 161 Å². The summed E-state index contributed by atoms with van der Waals surface area (Å²) < 4.78 is 78.2. The number of imidazole rings is 1. The van der Waals surface area contributed by atoms with Crippen molar-refractivity contribution in [1.29, 1.82) is 0 Å². The van der Waals surface area contributed by atoms with Gasteiger partial charge in [-0.25, -0.2) is 9.97 Å². The van der Waals surface area contributed by atoms with Crippen molar-refractivity contribution in [2.24, 2.45) is 0 Å². The molecule has 3 heterocycles. The fourth-order valence-electron chi connectivity index (χ4n) is 3.32. The fourth-order valence-corrected chi connectivity index (χ4v) is 3.32. The van der Waals surface area contributed by atoms with Crippen molar-refractivity contribution in [3.05, 3.63) is 47.7 Å². The lowest BCUT2D eigenvalue weighted by Gasteiger charge is -2.36. The lowest BCUT2D eigenvalue weighted by molar-refractivity contribution is -0.138. The highest BCUT2D eigenvalue weighted by molar-refractivity contribution is 5.78. The van der Waals surface area contributed by atoms with Crippen molar-refractivity contribution in [1.82, 2.24) is 15.0 Å². The number of pyridine rings is 1. The lowest BCUT2D eigenvalue weighted by atomic mass is 10.2. The van der Waals surface area contributed by atoms with Gasteiger partial charge in [-0.1, -0.05) is 0 Å². The molecule has 29 heavy (non-hydrogen) atoms. The van der Waals surface area contributed by atoms with Gasteiger partial charge in [0, 0.05) is 32.4 Å². The van der Waals surface area contributed by atoms with E-state index in [2.05, 4.69) is 15.0 Å². The SMILES string of the molecule is FC(F)(F)c1ccc2nc(N3CCN(c4ncccc4C(F)(F)F)CC3)[nH]c2c1. The molecule has 1 N–H and O–H groups in total. The van der Waals surface area contributed by atoms with Gasteiger partial charge in [-0.05, 0) is 30.3 Å². The van der Waals surface area contributed by atoms with E-state index < -0.39 is 23.5 Å². The summed E-state index contributed by atoms with van der Waals surface area (Å²) in [5, 5.41) is 0. The van der Waals surface area contributed by atoms with Crippen LogP contribution in [0.3, 0.4) is 0 Å². The number of anilines is 2. The van der Waals surface area contributed by atoms with Gasteiger partial charge in [0.1, 0.15) is 5.82 Å². The molecule has 0 saturated carbocycles. The summed E-state index contributed by atoms with van der Waals surface area (Å²) in [6, 6.07) is 5.48. The Hall–Kier alpha value is -2.98. The maximum atomic E-state index is 13.2. The van der Waals surface area contributed by atoms with Crippen LogP contribution in [0.15, 0.2) is 36.5 Å². The van der Waals surface area contributed by atoms with Crippen LogP contribution in [0.4, 0.5) is 38.1 Å². The molecule has 3 aromatic rings. The summed E-state index contributed by atoms with van der Waals surface area (Å²) in [6.45, 7) is 1.23. The van der Waals surface area contributed by atoms with E-state index in [9.17, 15) is 26.3 Å². The first-order valence-electron chi connectivity index (χ1n) is 8.72. The number of hydrogen-bond acceptors (Lipinski definition) is 4. The van der Waals surface area contributed by atoms with E-state index in [1.54, 1.807) is 9.80 Å². The molecule has 154 valence electrons. The number of aromatic nitrogens is 3. The molecule has 0 bridgehead atoms. The molecule has 1 aromatic carbocycles. The van der Waals surface area contributed by atoms with Gasteiger partial charge in [-0.15, -0.1) is 0 Å². The van der Waals surface area contributed by atoms with Crippen molar-refractivity contribution in [2.75, 3.05) is 36.0 Å². The third-order valence-electron chi connectivity index (χ3n) is 4.77. The van der Waals surface area contributed by atoms with E-state index in [1.807, 2.05) is 0 Å². The summed E-state index contributed by atoms with van der Waals surface area (Å²) >= 11 is 0. The molecule has 1 aliphatic rings. The monoisotopic (exact) mass is 415 g/mol. The van der Waals surface area contributed by atoms with Gasteiger partial charge in [0.25, 0.3) is 0 Å². The molecule has 1 aliphatic heterocycles. The average molecular weight is 415 g/mol. The van der Waals surface area contributed by atoms with Gasteiger partial charge in [0.15, 0.2) is 0 Å². The zero-order chi connectivity index (χ0) is 20.8. The summed E-state index contributed by atoms with van der Waals surface area (Å²) in [7, 11) is 0. The summed E-state index contributed by atoms with van der Waals surface area (Å²) in [4.78, 5) is 14.4. The number of rotatable bonds is 2. The lowest BCUT2D eigenvalue weighted by Crippen LogP contribution is -2.47. The topological polar surface area (TPSA) is 48.1 Å². The number of aromatic amines is 1. The first-order valence-corrected chi connectivity index (χ1v) is 8.72. The molecule has 1 fully saturated rings. The Kier molecular flexibility index (Phi) is 4.55. The zero-order valence-electron chi connectivity index (χ0n) is 14.8. The van der Waals surface area contributed by atoms with Crippen LogP contribution in [0, 0.1) is 0 Å². The maximum Gasteiger partial charge on any atom is 0.419 e. The Balaban J connectivity index is 1.52. The van der Waals surface area contributed by atoms with E-state index in [1.165, 1.54) is 18.3 Å². The first-order chi connectivity index (χ1) is 13.6. The van der Waals surface area contributed by atoms with E-state index in [-0.39, 0.29) is 24.4 Å². The number of nitrogens with one attached hydrogen (secondary N) is 1. The van der Waals surface area contributed by atoms with Gasteiger partial charge >= 0.3 is 12.4 Å². The second-order valence-corrected chi connectivity index (χ2v) is 6.64. The molecule has 2 aromatic heterocycles. The Morgan fingerprint density at radius 3 is 2.21 bits per heavy atom. The molecule has 4 rings (SSSR count). The highest BCUT2D eigenvalue weighted by Gasteiger charge is 2.36. The van der Waals surface area contributed by atoms with E-state index in [0.717, 1.165) is 18.2 Å². The third kappa shape index (κ3) is 3.81. The van der Waals surface area contributed by atoms with Crippen LogP contribution >= 0.6 is 0 Å². The molecule has 0 aliphatic carbocycles. The van der Waals surface area contributed by atoms with Gasteiger partial charge < -0.3 is 14.8 Å². The number of hydrogen-bond donors (Lipinski definition) is 1. The van der Waals surface area contributed by atoms with Gasteiger partial charge in [-0.3, -0.25) is 0 Å². The highest BCUT2D eigenvalue weighted by atomic mass is 19.4. The highest BCUT2D eigenvalue weighted by Crippen LogP contribution is 2.36. The Morgan fingerprint density at radius 2 is 1.55 bits per heavy atom. The number of nitrogens with zero attached hydrogens (tertiary/aromatic N) is 4. The van der Waals surface area contributed by atoms with Crippen molar-refractivity contribution < 1.29 is 26.3 Å². The first kappa shape index (κ1) is 19.3. The molecule has 1 saturated heterocycles. The summed E-state index contributed by atoms with van der Waals surface area (Å²) in [5.41, 5.74) is -0.933. The minimum Gasteiger partial charge on any atom is -0.353 e. The van der Waals surface area contributed by atoms with Crippen LogP contribution in [0.2, 0.25) is 0 Å². The molecule has 0 atom stereocenters. The molecule has 0 unspecified atom stereocenters. The largest absolute Gasteiger partial charge is 0.419 e. The second-order valence-electron chi connectivity index (χ2n) is 6.64. The van der Waals surface area contributed by atoms with Crippen LogP contribution in [0.25, 0.3) is 11.0 Å². The molecular formula is C18H15F6N5. The summed E-state index contributed by atoms with van der Waals surface area (Å²) in [5.74, 6) is 0.259. The molecule has 11 heteroatoms. The maximum absolute atomic E-state index is 13.2. The van der Waals surface area contributed by atoms with Crippen LogP contribution < -0.4 is 9.80 Å². The Bertz CT molecular complexity index is 1020. The molecule has 0 amide bonds. The summed E-state index contributed by atoms with van der Waals surface area (Å²) in [6.07, 6.45) is -7.64. The molecule has 0 spiro atoms. The quantitative estimate of drug-likeness (QED) is 0.634. The molecular weight excluding hydrogens is 400 g/mol. The van der Waals surface area contributed by atoms with Crippen molar-refractivity contribution in [2.45, 2.75) is 12.4 Å². The standard InChI is InChI=1S/C18H15F6N5/c19-17(20,21)11-3-4-13-14(10-11)27-16(26-13)29-8-6-28(7-9-29)15-12(18(22,23)24)2-1-5-25-15/h1-5,10H,6-9H2,(H,26,27). The number of fused-ring (bicyclic) bond motifs is 1. The van der Waals surface area contributed by atoms with Crippen LogP contribution in [0.1, 0.15) is 11.1 Å². The Morgan fingerprint density at radius 1 is 0.862 bits per heavy atom. The smallest absolute Gasteiger partial charge is 0.353 e. The zero-order valence-corrected chi connectivity index (χ0v) is 14.8. The minimum atomic E-state index is -4.50. The number of alkyl halides is 6. The van der Waals surface area contributed by atoms with Gasteiger partial charge in [-0.2, -0.15) is 26.3 Å². The molecule has 0 radical (unpaired) electrons. The van der Waals surface area contributed by atoms with Crippen molar-refractivity contribution >= 4 is 22.8 Å². The fraction of sp³-hybridized carbons (Fsp3) is 0.333. The molecule has 5 nitrogen and oxygen atoms in total.